The predicted octanol–water partition coefficient (Wildman–Crippen LogP) is 5.43. The number of rotatable bonds is 10. The first kappa shape index (κ1) is 22.2. The van der Waals surface area contributed by atoms with Crippen molar-refractivity contribution in [1.82, 2.24) is 4.98 Å². The number of methoxy groups -OCH3 is 1. The third-order valence-electron chi connectivity index (χ3n) is 4.43. The molecule has 0 fully saturated rings. The number of ether oxygens (including phenoxy) is 2. The largest absolute Gasteiger partial charge is 0.493 e. The van der Waals surface area contributed by atoms with E-state index in [9.17, 15) is 14.9 Å². The van der Waals surface area contributed by atoms with Crippen molar-refractivity contribution in [2.45, 2.75) is 26.2 Å². The van der Waals surface area contributed by atoms with Crippen LogP contribution < -0.4 is 14.8 Å². The number of anilines is 1. The Hall–Kier alpha value is -3.46. The number of hydrogen-bond acceptors (Lipinski definition) is 7. The van der Waals surface area contributed by atoms with Crippen molar-refractivity contribution in [3.05, 3.63) is 58.2 Å². The molecule has 0 saturated carbocycles. The van der Waals surface area contributed by atoms with Gasteiger partial charge in [0.1, 0.15) is 0 Å². The molecule has 0 aliphatic heterocycles. The van der Waals surface area contributed by atoms with Crippen LogP contribution in [0.5, 0.6) is 11.5 Å². The number of benzene rings is 2. The Balaban J connectivity index is 1.64. The van der Waals surface area contributed by atoms with Crippen molar-refractivity contribution >= 4 is 44.4 Å². The molecule has 3 rings (SSSR count). The first-order chi connectivity index (χ1) is 15.0. The molecular weight excluding hydrogens is 418 g/mol. The lowest BCUT2D eigenvalue weighted by Crippen LogP contribution is -2.07. The zero-order valence-electron chi connectivity index (χ0n) is 17.3. The molecule has 9 heteroatoms. The van der Waals surface area contributed by atoms with Crippen LogP contribution >= 0.6 is 11.3 Å². The van der Waals surface area contributed by atoms with Crippen molar-refractivity contribution in [2.24, 2.45) is 0 Å². The van der Waals surface area contributed by atoms with Gasteiger partial charge in [0.2, 0.25) is 5.91 Å². The van der Waals surface area contributed by atoms with Crippen LogP contribution in [0.3, 0.4) is 0 Å². The smallest absolute Gasteiger partial charge is 0.270 e. The predicted molar refractivity (Wildman–Crippen MR) is 122 cm³/mol. The number of amides is 1. The minimum absolute atomic E-state index is 0.0133. The zero-order valence-corrected chi connectivity index (χ0v) is 18.1. The number of carbonyl (C=O) groups is 1. The molecular formula is C22H23N3O5S. The van der Waals surface area contributed by atoms with E-state index < -0.39 is 4.92 Å². The summed E-state index contributed by atoms with van der Waals surface area (Å²) >= 11 is 1.18. The van der Waals surface area contributed by atoms with Crippen LogP contribution in [0.1, 0.15) is 31.7 Å². The lowest BCUT2D eigenvalue weighted by molar-refractivity contribution is -0.384. The Labute approximate surface area is 183 Å². The van der Waals surface area contributed by atoms with Crippen molar-refractivity contribution in [3.8, 4) is 11.5 Å². The average molecular weight is 442 g/mol. The fraction of sp³-hybridized carbons (Fsp3) is 0.273. The van der Waals surface area contributed by atoms with E-state index in [0.717, 1.165) is 24.8 Å². The molecule has 2 aromatic carbocycles. The van der Waals surface area contributed by atoms with E-state index in [0.29, 0.717) is 33.5 Å². The van der Waals surface area contributed by atoms with Gasteiger partial charge in [-0.3, -0.25) is 20.2 Å². The SMILES string of the molecule is CCCCCOc1ccc(/C=C/C(=O)Nc2nc3ccc([N+](=O)[O-])cc3s2)cc1OC. The molecule has 0 aliphatic rings. The molecule has 1 amide bonds. The molecule has 0 radical (unpaired) electrons. The number of unbranched alkanes of at least 4 members (excludes halogenated alkanes) is 2. The summed E-state index contributed by atoms with van der Waals surface area (Å²) in [4.78, 5) is 27.0. The molecule has 162 valence electrons. The van der Waals surface area contributed by atoms with Crippen LogP contribution in [0, 0.1) is 10.1 Å². The standard InChI is InChI=1S/C22H23N3O5S/c1-3-4-5-12-30-18-10-6-15(13-19(18)29-2)7-11-21(26)24-22-23-17-9-8-16(25(27)28)14-20(17)31-22/h6-11,13-14H,3-5,12H2,1-2H3,(H,23,24,26)/b11-7+. The molecule has 8 nitrogen and oxygen atoms in total. The number of nitro benzene ring substituents is 1. The summed E-state index contributed by atoms with van der Waals surface area (Å²) in [7, 11) is 1.58. The summed E-state index contributed by atoms with van der Waals surface area (Å²) in [6, 6.07) is 9.86. The van der Waals surface area contributed by atoms with Crippen LogP contribution in [-0.2, 0) is 4.79 Å². The van der Waals surface area contributed by atoms with Crippen molar-refractivity contribution in [3.63, 3.8) is 0 Å². The number of hydrogen-bond donors (Lipinski definition) is 1. The molecule has 1 aromatic heterocycles. The number of nitrogens with one attached hydrogen (secondary N) is 1. The third-order valence-corrected chi connectivity index (χ3v) is 5.37. The second-order valence-corrected chi connectivity index (χ2v) is 7.75. The average Bonchev–Trinajstić information content (AvgIpc) is 3.16. The highest BCUT2D eigenvalue weighted by Crippen LogP contribution is 2.30. The summed E-state index contributed by atoms with van der Waals surface area (Å²) in [5, 5.41) is 13.9. The molecule has 0 bridgehead atoms. The minimum Gasteiger partial charge on any atom is -0.493 e. The van der Waals surface area contributed by atoms with Crippen LogP contribution in [0.4, 0.5) is 10.8 Å². The van der Waals surface area contributed by atoms with Crippen LogP contribution in [0.2, 0.25) is 0 Å². The highest BCUT2D eigenvalue weighted by atomic mass is 32.1. The van der Waals surface area contributed by atoms with E-state index >= 15 is 0 Å². The summed E-state index contributed by atoms with van der Waals surface area (Å²) in [6.45, 7) is 2.77. The van der Waals surface area contributed by atoms with Crippen LogP contribution in [0.15, 0.2) is 42.5 Å². The van der Waals surface area contributed by atoms with Gasteiger partial charge in [0.05, 0.1) is 28.9 Å². The second kappa shape index (κ2) is 10.5. The Morgan fingerprint density at radius 1 is 1.23 bits per heavy atom. The molecule has 31 heavy (non-hydrogen) atoms. The molecule has 0 spiro atoms. The number of aromatic nitrogens is 1. The van der Waals surface area contributed by atoms with Gasteiger partial charge in [0.25, 0.3) is 5.69 Å². The Kier molecular flexibility index (Phi) is 7.55. The van der Waals surface area contributed by atoms with E-state index in [1.165, 1.54) is 29.5 Å². The number of nitro groups is 1. The van der Waals surface area contributed by atoms with Gasteiger partial charge < -0.3 is 9.47 Å². The molecule has 3 aromatic rings. The zero-order chi connectivity index (χ0) is 22.2. The number of nitrogens with zero attached hydrogens (tertiary/aromatic N) is 2. The van der Waals surface area contributed by atoms with E-state index in [-0.39, 0.29) is 11.6 Å². The number of carbonyl (C=O) groups excluding carboxylic acids is 1. The van der Waals surface area contributed by atoms with Gasteiger partial charge in [-0.25, -0.2) is 4.98 Å². The van der Waals surface area contributed by atoms with Crippen molar-refractivity contribution in [2.75, 3.05) is 19.0 Å². The molecule has 0 aliphatic carbocycles. The molecule has 0 saturated heterocycles. The van der Waals surface area contributed by atoms with Gasteiger partial charge >= 0.3 is 0 Å². The van der Waals surface area contributed by atoms with Gasteiger partial charge in [0.15, 0.2) is 16.6 Å². The monoisotopic (exact) mass is 441 g/mol. The highest BCUT2D eigenvalue weighted by Gasteiger charge is 2.11. The fourth-order valence-electron chi connectivity index (χ4n) is 2.84. The normalized spacial score (nSPS) is 11.0. The lowest BCUT2D eigenvalue weighted by atomic mass is 10.2. The molecule has 0 unspecified atom stereocenters. The van der Waals surface area contributed by atoms with Crippen molar-refractivity contribution < 1.29 is 19.2 Å². The van der Waals surface area contributed by atoms with E-state index in [1.54, 1.807) is 25.3 Å². The third kappa shape index (κ3) is 6.02. The minimum atomic E-state index is -0.462. The van der Waals surface area contributed by atoms with Crippen molar-refractivity contribution in [1.29, 1.82) is 0 Å². The van der Waals surface area contributed by atoms with Gasteiger partial charge in [-0.1, -0.05) is 37.2 Å². The lowest BCUT2D eigenvalue weighted by Gasteiger charge is -2.11. The maximum Gasteiger partial charge on any atom is 0.270 e. The summed E-state index contributed by atoms with van der Waals surface area (Å²) < 4.78 is 11.8. The summed E-state index contributed by atoms with van der Waals surface area (Å²) in [5.41, 5.74) is 1.36. The van der Waals surface area contributed by atoms with Gasteiger partial charge in [-0.05, 0) is 36.3 Å². The van der Waals surface area contributed by atoms with Crippen LogP contribution in [-0.4, -0.2) is 29.5 Å². The van der Waals surface area contributed by atoms with Gasteiger partial charge in [-0.15, -0.1) is 0 Å². The number of thiazole rings is 1. The molecule has 0 atom stereocenters. The Morgan fingerprint density at radius 2 is 2.06 bits per heavy atom. The van der Waals surface area contributed by atoms with E-state index in [2.05, 4.69) is 17.2 Å². The van der Waals surface area contributed by atoms with Crippen LogP contribution in [0.25, 0.3) is 16.3 Å². The first-order valence-electron chi connectivity index (χ1n) is 9.85. The first-order valence-corrected chi connectivity index (χ1v) is 10.7. The highest BCUT2D eigenvalue weighted by molar-refractivity contribution is 7.22. The maximum absolute atomic E-state index is 12.3. The summed E-state index contributed by atoms with van der Waals surface area (Å²) in [5.74, 6) is 0.919. The van der Waals surface area contributed by atoms with E-state index in [4.69, 9.17) is 9.47 Å². The maximum atomic E-state index is 12.3. The van der Waals surface area contributed by atoms with Gasteiger partial charge in [0, 0.05) is 18.2 Å². The Bertz CT molecular complexity index is 1110. The quantitative estimate of drug-likeness (QED) is 0.195. The second-order valence-electron chi connectivity index (χ2n) is 6.72. The number of non-ortho nitro benzene ring substituents is 1. The number of fused-ring (bicyclic) bond motifs is 1. The molecule has 1 N–H and O–H groups in total. The van der Waals surface area contributed by atoms with E-state index in [1.807, 2.05) is 12.1 Å². The summed E-state index contributed by atoms with van der Waals surface area (Å²) in [6.07, 6.45) is 6.29. The Morgan fingerprint density at radius 3 is 2.81 bits per heavy atom. The van der Waals surface area contributed by atoms with Gasteiger partial charge in [-0.2, -0.15) is 0 Å². The topological polar surface area (TPSA) is 104 Å². The molecule has 1 heterocycles. The fourth-order valence-corrected chi connectivity index (χ4v) is 3.74.